The molecule has 2 rings (SSSR count). The molecule has 0 bridgehead atoms. The number of nitrogens with zero attached hydrogens (tertiary/aromatic N) is 1. The summed E-state index contributed by atoms with van der Waals surface area (Å²) in [7, 11) is -0.503. The Morgan fingerprint density at radius 3 is 2.26 bits per heavy atom. The molecule has 0 unspecified atom stereocenters. The summed E-state index contributed by atoms with van der Waals surface area (Å²) in [4.78, 5) is 0. The molecule has 1 saturated heterocycles. The van der Waals surface area contributed by atoms with Crippen molar-refractivity contribution in [2.75, 3.05) is 0 Å². The van der Waals surface area contributed by atoms with Gasteiger partial charge in [-0.05, 0) is 45.3 Å². The summed E-state index contributed by atoms with van der Waals surface area (Å²) in [5.74, 6) is 0.0399. The lowest BCUT2D eigenvalue weighted by atomic mass is 9.78. The van der Waals surface area contributed by atoms with Crippen molar-refractivity contribution in [3.05, 3.63) is 23.8 Å². The predicted octanol–water partition coefficient (Wildman–Crippen LogP) is 1.50. The van der Waals surface area contributed by atoms with Crippen LogP contribution in [-0.2, 0) is 9.31 Å². The minimum absolute atomic E-state index is 0.0399. The van der Waals surface area contributed by atoms with E-state index in [0.29, 0.717) is 5.56 Å². The minimum atomic E-state index is -0.503. The molecule has 0 aromatic heterocycles. The summed E-state index contributed by atoms with van der Waals surface area (Å²) in [6.07, 6.45) is 1.17. The van der Waals surface area contributed by atoms with Gasteiger partial charge in [-0.25, -0.2) is 0 Å². The summed E-state index contributed by atoms with van der Waals surface area (Å²) >= 11 is 0. The third-order valence-corrected chi connectivity index (χ3v) is 3.77. The molecule has 5 nitrogen and oxygen atoms in total. The van der Waals surface area contributed by atoms with Gasteiger partial charge in [-0.15, -0.1) is 0 Å². The normalized spacial score (nSPS) is 21.2. The number of phenolic OH excluding ortho intramolecular Hbond substituents is 1. The van der Waals surface area contributed by atoms with Gasteiger partial charge in [0.2, 0.25) is 0 Å². The van der Waals surface area contributed by atoms with Crippen LogP contribution in [0.4, 0.5) is 0 Å². The highest BCUT2D eigenvalue weighted by molar-refractivity contribution is 6.62. The molecule has 19 heavy (non-hydrogen) atoms. The second-order valence-corrected chi connectivity index (χ2v) is 5.65. The van der Waals surface area contributed by atoms with Gasteiger partial charge in [0, 0.05) is 5.56 Å². The first-order chi connectivity index (χ1) is 8.77. The molecule has 1 heterocycles. The first-order valence-corrected chi connectivity index (χ1v) is 6.13. The molecule has 1 aliphatic rings. The second kappa shape index (κ2) is 4.54. The topological polar surface area (TPSA) is 71.3 Å². The zero-order valence-electron chi connectivity index (χ0n) is 11.5. The fourth-order valence-electron chi connectivity index (χ4n) is 1.86. The second-order valence-electron chi connectivity index (χ2n) is 5.65. The Bertz CT molecular complexity index is 497. The molecule has 1 fully saturated rings. The van der Waals surface area contributed by atoms with Gasteiger partial charge in [-0.2, -0.15) is 0 Å². The van der Waals surface area contributed by atoms with Crippen molar-refractivity contribution >= 4 is 18.8 Å². The van der Waals surface area contributed by atoms with Gasteiger partial charge in [0.25, 0.3) is 0 Å². The first-order valence-electron chi connectivity index (χ1n) is 6.13. The lowest BCUT2D eigenvalue weighted by molar-refractivity contribution is 0.00578. The van der Waals surface area contributed by atoms with Gasteiger partial charge in [-0.1, -0.05) is 11.2 Å². The fraction of sp³-hybridized carbons (Fsp3) is 0.462. The molecule has 1 aromatic rings. The lowest BCUT2D eigenvalue weighted by Gasteiger charge is -2.32. The van der Waals surface area contributed by atoms with E-state index in [-0.39, 0.29) is 5.75 Å². The van der Waals surface area contributed by atoms with E-state index in [1.54, 1.807) is 12.1 Å². The molecule has 0 aliphatic carbocycles. The number of benzene rings is 1. The number of phenols is 1. The van der Waals surface area contributed by atoms with E-state index in [0.717, 1.165) is 5.46 Å². The molecule has 0 atom stereocenters. The molecule has 102 valence electrons. The number of hydrogen-bond acceptors (Lipinski definition) is 5. The Balaban J connectivity index is 2.32. The standard InChI is InChI=1S/C13H18BNO4/c1-12(2)13(3,4)19-14(18-12)10-5-6-11(16)9(7-10)8-15-17/h5-8,16-17H,1-4H3/b15-8+. The van der Waals surface area contributed by atoms with Crippen molar-refractivity contribution in [2.24, 2.45) is 5.16 Å². The summed E-state index contributed by atoms with van der Waals surface area (Å²) < 4.78 is 11.8. The summed E-state index contributed by atoms with van der Waals surface area (Å²) in [6, 6.07) is 4.93. The van der Waals surface area contributed by atoms with Gasteiger partial charge < -0.3 is 19.6 Å². The Hall–Kier alpha value is -1.53. The number of aromatic hydroxyl groups is 1. The lowest BCUT2D eigenvalue weighted by Crippen LogP contribution is -2.41. The molecular weight excluding hydrogens is 245 g/mol. The first kappa shape index (κ1) is 13.9. The van der Waals surface area contributed by atoms with E-state index in [4.69, 9.17) is 14.5 Å². The van der Waals surface area contributed by atoms with Gasteiger partial charge in [-0.3, -0.25) is 0 Å². The largest absolute Gasteiger partial charge is 0.507 e. The van der Waals surface area contributed by atoms with Crippen LogP contribution in [0.25, 0.3) is 0 Å². The summed E-state index contributed by atoms with van der Waals surface area (Å²) in [5, 5.41) is 21.1. The van der Waals surface area contributed by atoms with Crippen LogP contribution in [0.2, 0.25) is 0 Å². The van der Waals surface area contributed by atoms with Gasteiger partial charge >= 0.3 is 7.12 Å². The van der Waals surface area contributed by atoms with E-state index in [2.05, 4.69) is 5.16 Å². The smallest absolute Gasteiger partial charge is 0.494 e. The van der Waals surface area contributed by atoms with Crippen LogP contribution in [0, 0.1) is 0 Å². The average Bonchev–Trinajstić information content (AvgIpc) is 2.51. The van der Waals surface area contributed by atoms with E-state index in [1.165, 1.54) is 12.3 Å². The maximum atomic E-state index is 9.63. The predicted molar refractivity (Wildman–Crippen MR) is 73.2 cm³/mol. The zero-order valence-corrected chi connectivity index (χ0v) is 11.5. The van der Waals surface area contributed by atoms with E-state index in [9.17, 15) is 5.11 Å². The maximum absolute atomic E-state index is 9.63. The zero-order chi connectivity index (χ0) is 14.3. The van der Waals surface area contributed by atoms with Gasteiger partial charge in [0.05, 0.1) is 17.4 Å². The fourth-order valence-corrected chi connectivity index (χ4v) is 1.86. The van der Waals surface area contributed by atoms with Crippen LogP contribution in [0.15, 0.2) is 23.4 Å². The Labute approximate surface area is 113 Å². The SMILES string of the molecule is CC1(C)OB(c2ccc(O)c(/C=N/O)c2)OC1(C)C. The van der Waals surface area contributed by atoms with E-state index < -0.39 is 18.3 Å². The Kier molecular flexibility index (Phi) is 3.32. The van der Waals surface area contributed by atoms with Crippen LogP contribution in [0.1, 0.15) is 33.3 Å². The molecule has 0 spiro atoms. The number of hydrogen-bond donors (Lipinski definition) is 2. The highest BCUT2D eigenvalue weighted by Crippen LogP contribution is 2.36. The van der Waals surface area contributed by atoms with Crippen molar-refractivity contribution in [2.45, 2.75) is 38.9 Å². The van der Waals surface area contributed by atoms with E-state index in [1.807, 2.05) is 27.7 Å². The van der Waals surface area contributed by atoms with Crippen LogP contribution in [0.5, 0.6) is 5.75 Å². The summed E-state index contributed by atoms with van der Waals surface area (Å²) in [5.41, 5.74) is 0.350. The van der Waals surface area contributed by atoms with Crippen LogP contribution < -0.4 is 5.46 Å². The van der Waals surface area contributed by atoms with Crippen molar-refractivity contribution in [3.63, 3.8) is 0 Å². The highest BCUT2D eigenvalue weighted by atomic mass is 16.7. The van der Waals surface area contributed by atoms with Crippen molar-refractivity contribution in [1.29, 1.82) is 0 Å². The van der Waals surface area contributed by atoms with Crippen molar-refractivity contribution < 1.29 is 19.6 Å². The molecular formula is C13H18BNO4. The highest BCUT2D eigenvalue weighted by Gasteiger charge is 2.51. The monoisotopic (exact) mass is 263 g/mol. The van der Waals surface area contributed by atoms with Crippen molar-refractivity contribution in [3.8, 4) is 5.75 Å². The average molecular weight is 263 g/mol. The third kappa shape index (κ3) is 2.46. The third-order valence-electron chi connectivity index (χ3n) is 3.77. The van der Waals surface area contributed by atoms with Gasteiger partial charge in [0.1, 0.15) is 5.75 Å². The molecule has 0 amide bonds. The molecule has 1 aliphatic heterocycles. The van der Waals surface area contributed by atoms with Crippen LogP contribution in [-0.4, -0.2) is 34.8 Å². The Morgan fingerprint density at radius 1 is 1.16 bits per heavy atom. The minimum Gasteiger partial charge on any atom is -0.507 e. The molecule has 0 radical (unpaired) electrons. The number of rotatable bonds is 2. The molecule has 6 heteroatoms. The number of oxime groups is 1. The maximum Gasteiger partial charge on any atom is 0.494 e. The summed E-state index contributed by atoms with van der Waals surface area (Å²) in [6.45, 7) is 7.90. The van der Waals surface area contributed by atoms with Gasteiger partial charge in [0.15, 0.2) is 0 Å². The molecule has 1 aromatic carbocycles. The quantitative estimate of drug-likeness (QED) is 0.367. The van der Waals surface area contributed by atoms with Crippen LogP contribution in [0.3, 0.4) is 0 Å². The Morgan fingerprint density at radius 2 is 1.74 bits per heavy atom. The molecule has 0 saturated carbocycles. The van der Waals surface area contributed by atoms with Crippen LogP contribution >= 0.6 is 0 Å². The molecule has 2 N–H and O–H groups in total. The van der Waals surface area contributed by atoms with Crippen molar-refractivity contribution in [1.82, 2.24) is 0 Å². The van der Waals surface area contributed by atoms with E-state index >= 15 is 0 Å².